The molecule has 0 aliphatic heterocycles. The van der Waals surface area contributed by atoms with Crippen LogP contribution in [-0.4, -0.2) is 9.65 Å². The standard InChI is InChI=1S/C8H10Br2/c1-4-2-5-3-6(4)8(10)7(5)9/h2,5-8H,3H2,1H3. The summed E-state index contributed by atoms with van der Waals surface area (Å²) in [4.78, 5) is 1.36. The number of fused-ring (bicyclic) bond motifs is 2. The fraction of sp³-hybridized carbons (Fsp3) is 0.750. The smallest absolute Gasteiger partial charge is 0.0342 e. The number of rotatable bonds is 0. The van der Waals surface area contributed by atoms with Crippen LogP contribution in [0.25, 0.3) is 0 Å². The van der Waals surface area contributed by atoms with E-state index in [9.17, 15) is 0 Å². The lowest BCUT2D eigenvalue weighted by molar-refractivity contribution is 0.676. The molecule has 2 rings (SSSR count). The van der Waals surface area contributed by atoms with Crippen LogP contribution in [0.15, 0.2) is 11.6 Å². The molecule has 56 valence electrons. The highest BCUT2D eigenvalue weighted by Crippen LogP contribution is 2.50. The number of allylic oxidation sites excluding steroid dienone is 2. The summed E-state index contributed by atoms with van der Waals surface area (Å²) in [6.07, 6.45) is 3.78. The minimum absolute atomic E-state index is 0.682. The van der Waals surface area contributed by atoms with E-state index in [0.717, 1.165) is 11.8 Å². The molecule has 1 fully saturated rings. The maximum atomic E-state index is 3.71. The molecule has 0 amide bonds. The van der Waals surface area contributed by atoms with E-state index < -0.39 is 0 Å². The molecule has 0 aromatic rings. The van der Waals surface area contributed by atoms with Gasteiger partial charge in [0.15, 0.2) is 0 Å². The first-order valence-corrected chi connectivity index (χ1v) is 5.49. The number of alkyl halides is 2. The Hall–Kier alpha value is 0.700. The Morgan fingerprint density at radius 3 is 2.50 bits per heavy atom. The highest BCUT2D eigenvalue weighted by atomic mass is 79.9. The zero-order valence-corrected chi connectivity index (χ0v) is 9.02. The monoisotopic (exact) mass is 264 g/mol. The van der Waals surface area contributed by atoms with Crippen LogP contribution in [0.1, 0.15) is 13.3 Å². The molecule has 0 spiro atoms. The molecule has 0 aromatic carbocycles. The Morgan fingerprint density at radius 2 is 2.10 bits per heavy atom. The van der Waals surface area contributed by atoms with Crippen molar-refractivity contribution in [3.05, 3.63) is 11.6 Å². The number of halogens is 2. The van der Waals surface area contributed by atoms with Gasteiger partial charge in [-0.05, 0) is 25.2 Å². The van der Waals surface area contributed by atoms with Crippen LogP contribution in [0.2, 0.25) is 0 Å². The quantitative estimate of drug-likeness (QED) is 0.466. The van der Waals surface area contributed by atoms with Crippen LogP contribution < -0.4 is 0 Å². The average Bonchev–Trinajstić information content (AvgIpc) is 2.36. The Kier molecular flexibility index (Phi) is 1.72. The Balaban J connectivity index is 2.29. The van der Waals surface area contributed by atoms with Crippen molar-refractivity contribution >= 4 is 31.9 Å². The predicted molar refractivity (Wildman–Crippen MR) is 50.8 cm³/mol. The van der Waals surface area contributed by atoms with E-state index in [1.165, 1.54) is 6.42 Å². The minimum Gasteiger partial charge on any atom is -0.0872 e. The summed E-state index contributed by atoms with van der Waals surface area (Å²) in [5.74, 6) is 1.61. The second-order valence-corrected chi connectivity index (χ2v) is 5.42. The van der Waals surface area contributed by atoms with Gasteiger partial charge in [0.1, 0.15) is 0 Å². The van der Waals surface area contributed by atoms with Crippen molar-refractivity contribution in [3.8, 4) is 0 Å². The number of hydrogen-bond acceptors (Lipinski definition) is 0. The van der Waals surface area contributed by atoms with Crippen LogP contribution in [0, 0.1) is 11.8 Å². The summed E-state index contributed by atoms with van der Waals surface area (Å²) >= 11 is 7.41. The zero-order valence-electron chi connectivity index (χ0n) is 5.85. The van der Waals surface area contributed by atoms with Crippen LogP contribution in [0.3, 0.4) is 0 Å². The summed E-state index contributed by atoms with van der Waals surface area (Å²) in [5.41, 5.74) is 1.59. The second kappa shape index (κ2) is 2.34. The molecule has 2 aliphatic rings. The second-order valence-electron chi connectivity index (χ2n) is 3.31. The third-order valence-corrected chi connectivity index (χ3v) is 5.85. The lowest BCUT2D eigenvalue weighted by atomic mass is 10.0. The van der Waals surface area contributed by atoms with Gasteiger partial charge in [0, 0.05) is 9.65 Å². The molecule has 2 bridgehead atoms. The van der Waals surface area contributed by atoms with E-state index >= 15 is 0 Å². The first-order chi connectivity index (χ1) is 4.70. The van der Waals surface area contributed by atoms with Gasteiger partial charge in [0.2, 0.25) is 0 Å². The topological polar surface area (TPSA) is 0 Å². The molecule has 1 saturated carbocycles. The molecule has 4 unspecified atom stereocenters. The molecule has 2 heteroatoms. The van der Waals surface area contributed by atoms with Gasteiger partial charge in [0.05, 0.1) is 0 Å². The van der Waals surface area contributed by atoms with Gasteiger partial charge in [-0.2, -0.15) is 0 Å². The molecule has 0 N–H and O–H groups in total. The van der Waals surface area contributed by atoms with Crippen LogP contribution in [0.5, 0.6) is 0 Å². The lowest BCUT2D eigenvalue weighted by Crippen LogP contribution is -2.20. The normalized spacial score (nSPS) is 51.7. The minimum atomic E-state index is 0.682. The van der Waals surface area contributed by atoms with E-state index in [1.54, 1.807) is 5.57 Å². The van der Waals surface area contributed by atoms with Crippen molar-refractivity contribution in [2.45, 2.75) is 23.0 Å². The van der Waals surface area contributed by atoms with Crippen molar-refractivity contribution in [1.82, 2.24) is 0 Å². The molecule has 0 aromatic heterocycles. The van der Waals surface area contributed by atoms with Crippen molar-refractivity contribution in [3.63, 3.8) is 0 Å². The molecule has 0 nitrogen and oxygen atoms in total. The van der Waals surface area contributed by atoms with Crippen molar-refractivity contribution in [2.75, 3.05) is 0 Å². The van der Waals surface area contributed by atoms with Crippen LogP contribution in [-0.2, 0) is 0 Å². The van der Waals surface area contributed by atoms with Gasteiger partial charge < -0.3 is 0 Å². The van der Waals surface area contributed by atoms with Crippen LogP contribution in [0.4, 0.5) is 0 Å². The van der Waals surface area contributed by atoms with Crippen molar-refractivity contribution in [2.24, 2.45) is 11.8 Å². The Labute approximate surface area is 78.3 Å². The molecule has 0 heterocycles. The fourth-order valence-corrected chi connectivity index (χ4v) is 3.83. The summed E-state index contributed by atoms with van der Waals surface area (Å²) in [7, 11) is 0. The van der Waals surface area contributed by atoms with Gasteiger partial charge in [0.25, 0.3) is 0 Å². The van der Waals surface area contributed by atoms with E-state index in [2.05, 4.69) is 44.9 Å². The summed E-state index contributed by atoms with van der Waals surface area (Å²) in [6, 6.07) is 0. The lowest BCUT2D eigenvalue weighted by Gasteiger charge is -2.20. The van der Waals surface area contributed by atoms with Gasteiger partial charge >= 0.3 is 0 Å². The highest BCUT2D eigenvalue weighted by molar-refractivity contribution is 9.12. The molecule has 2 aliphatic carbocycles. The van der Waals surface area contributed by atoms with Crippen LogP contribution >= 0.6 is 31.9 Å². The SMILES string of the molecule is CC1=CC2CC1C(Br)C2Br. The summed E-state index contributed by atoms with van der Waals surface area (Å²) in [6.45, 7) is 2.25. The van der Waals surface area contributed by atoms with Gasteiger partial charge in [-0.25, -0.2) is 0 Å². The highest BCUT2D eigenvalue weighted by Gasteiger charge is 2.44. The third kappa shape index (κ3) is 0.845. The summed E-state index contributed by atoms with van der Waals surface area (Å²) < 4.78 is 0. The fourth-order valence-electron chi connectivity index (χ4n) is 2.07. The van der Waals surface area contributed by atoms with E-state index in [1.807, 2.05) is 0 Å². The Bertz CT molecular complexity index is 186. The first-order valence-electron chi connectivity index (χ1n) is 3.66. The van der Waals surface area contributed by atoms with Crippen molar-refractivity contribution < 1.29 is 0 Å². The third-order valence-electron chi connectivity index (χ3n) is 2.69. The molecular formula is C8H10Br2. The largest absolute Gasteiger partial charge is 0.0872 e. The maximum Gasteiger partial charge on any atom is 0.0342 e. The predicted octanol–water partition coefficient (Wildman–Crippen LogP) is 3.11. The molecule has 0 radical (unpaired) electrons. The van der Waals surface area contributed by atoms with E-state index in [-0.39, 0.29) is 0 Å². The van der Waals surface area contributed by atoms with Crippen molar-refractivity contribution in [1.29, 1.82) is 0 Å². The Morgan fingerprint density at radius 1 is 1.40 bits per heavy atom. The van der Waals surface area contributed by atoms with Gasteiger partial charge in [-0.15, -0.1) is 0 Å². The van der Waals surface area contributed by atoms with E-state index in [0.29, 0.717) is 9.65 Å². The van der Waals surface area contributed by atoms with Gasteiger partial charge in [-0.1, -0.05) is 43.5 Å². The molecule has 10 heavy (non-hydrogen) atoms. The van der Waals surface area contributed by atoms with E-state index in [4.69, 9.17) is 0 Å². The zero-order chi connectivity index (χ0) is 7.30. The first kappa shape index (κ1) is 7.35. The number of hydrogen-bond donors (Lipinski definition) is 0. The molecular weight excluding hydrogens is 256 g/mol. The maximum absolute atomic E-state index is 3.71. The average molecular weight is 266 g/mol. The summed E-state index contributed by atoms with van der Waals surface area (Å²) in [5, 5.41) is 0. The molecule has 0 saturated heterocycles. The molecule has 4 atom stereocenters. The van der Waals surface area contributed by atoms with Gasteiger partial charge in [-0.3, -0.25) is 0 Å².